The van der Waals surface area contributed by atoms with Gasteiger partial charge in [0.25, 0.3) is 0 Å². The van der Waals surface area contributed by atoms with E-state index >= 15 is 0 Å². The monoisotopic (exact) mass is 584 g/mol. The fourth-order valence-corrected chi connectivity index (χ4v) is 6.56. The van der Waals surface area contributed by atoms with E-state index in [9.17, 15) is 9.59 Å². The number of aromatic nitrogens is 2. The zero-order valence-corrected chi connectivity index (χ0v) is 24.6. The number of carbonyl (C=O) groups excluding carboxylic acids is 2. The number of fused-ring (bicyclic) bond motifs is 2. The van der Waals surface area contributed by atoms with Crippen molar-refractivity contribution >= 4 is 29.4 Å². The molecule has 0 saturated heterocycles. The SMILES string of the molecule is COCCNC(=O)CN1C(=O)CS[C@H](c2ccc3c(c2)OCO3)c2c(-c3ccccc3)nn(-c3ccc(C)cc3C)c21. The molecule has 1 atom stereocenters. The second kappa shape index (κ2) is 11.9. The number of ether oxygens (including phenoxy) is 3. The minimum absolute atomic E-state index is 0.144. The van der Waals surface area contributed by atoms with Crippen molar-refractivity contribution in [2.24, 2.45) is 0 Å². The number of thioether (sulfide) groups is 1. The third kappa shape index (κ3) is 5.35. The van der Waals surface area contributed by atoms with Gasteiger partial charge in [0, 0.05) is 24.8 Å². The van der Waals surface area contributed by atoms with Crippen LogP contribution in [0.15, 0.2) is 66.7 Å². The Bertz CT molecular complexity index is 1640. The number of anilines is 1. The molecular formula is C32H32N4O5S. The normalized spacial score (nSPS) is 15.8. The van der Waals surface area contributed by atoms with Crippen molar-refractivity contribution in [3.05, 3.63) is 89.0 Å². The van der Waals surface area contributed by atoms with Crippen molar-refractivity contribution in [2.75, 3.05) is 44.3 Å². The van der Waals surface area contributed by atoms with Crippen molar-refractivity contribution in [1.82, 2.24) is 15.1 Å². The number of methoxy groups -OCH3 is 1. The molecule has 0 saturated carbocycles. The third-order valence-corrected chi connectivity index (χ3v) is 8.60. The highest BCUT2D eigenvalue weighted by Crippen LogP contribution is 2.50. The molecule has 3 aromatic carbocycles. The van der Waals surface area contributed by atoms with Gasteiger partial charge >= 0.3 is 0 Å². The van der Waals surface area contributed by atoms with E-state index in [1.54, 1.807) is 12.0 Å². The van der Waals surface area contributed by atoms with Crippen LogP contribution in [-0.2, 0) is 14.3 Å². The summed E-state index contributed by atoms with van der Waals surface area (Å²) in [5.41, 5.74) is 6.46. The summed E-state index contributed by atoms with van der Waals surface area (Å²) in [4.78, 5) is 28.6. The van der Waals surface area contributed by atoms with Gasteiger partial charge in [0.1, 0.15) is 12.4 Å². The van der Waals surface area contributed by atoms with Crippen LogP contribution in [0, 0.1) is 13.8 Å². The largest absolute Gasteiger partial charge is 0.454 e. The highest BCUT2D eigenvalue weighted by atomic mass is 32.2. The van der Waals surface area contributed by atoms with E-state index in [4.69, 9.17) is 19.3 Å². The molecule has 0 spiro atoms. The van der Waals surface area contributed by atoms with Gasteiger partial charge in [0.15, 0.2) is 11.5 Å². The van der Waals surface area contributed by atoms with Gasteiger partial charge in [-0.25, -0.2) is 4.68 Å². The lowest BCUT2D eigenvalue weighted by molar-refractivity contribution is -0.123. The first kappa shape index (κ1) is 27.9. The van der Waals surface area contributed by atoms with Gasteiger partial charge < -0.3 is 19.5 Å². The van der Waals surface area contributed by atoms with E-state index in [0.29, 0.717) is 30.5 Å². The third-order valence-electron chi connectivity index (χ3n) is 7.35. The molecule has 2 amide bonds. The first-order valence-electron chi connectivity index (χ1n) is 13.8. The van der Waals surface area contributed by atoms with Crippen LogP contribution >= 0.6 is 11.8 Å². The second-order valence-corrected chi connectivity index (χ2v) is 11.4. The molecule has 4 aromatic rings. The van der Waals surface area contributed by atoms with Gasteiger partial charge in [-0.2, -0.15) is 5.10 Å². The van der Waals surface area contributed by atoms with E-state index in [0.717, 1.165) is 39.2 Å². The number of rotatable bonds is 8. The number of aryl methyl sites for hydroxylation is 2. The lowest BCUT2D eigenvalue weighted by Gasteiger charge is -2.24. The number of nitrogens with one attached hydrogen (secondary N) is 1. The van der Waals surface area contributed by atoms with Crippen molar-refractivity contribution in [1.29, 1.82) is 0 Å². The molecule has 10 heteroatoms. The summed E-state index contributed by atoms with van der Waals surface area (Å²) in [6.07, 6.45) is 0. The molecule has 2 aliphatic rings. The Labute approximate surface area is 248 Å². The van der Waals surface area contributed by atoms with Gasteiger partial charge in [-0.1, -0.05) is 54.1 Å². The summed E-state index contributed by atoms with van der Waals surface area (Å²) < 4.78 is 18.2. The lowest BCUT2D eigenvalue weighted by Crippen LogP contribution is -2.43. The van der Waals surface area contributed by atoms with Crippen molar-refractivity contribution in [3.8, 4) is 28.4 Å². The Morgan fingerprint density at radius 1 is 1.07 bits per heavy atom. The number of benzene rings is 3. The zero-order chi connectivity index (χ0) is 29.2. The standard InChI is InChI=1S/C32H32N4O5S/c1-20-9-11-24(21(2)15-20)36-32-29(30(34-36)22-7-5-4-6-8-22)31(23-10-12-25-26(16-23)41-19-40-25)42-18-28(38)35(32)17-27(37)33-13-14-39-3/h4-12,15-16,31H,13-14,17-19H2,1-3H3,(H,33,37)/t31-/m1/s1. The fraction of sp³-hybridized carbons (Fsp3) is 0.281. The highest BCUT2D eigenvalue weighted by molar-refractivity contribution is 8.00. The van der Waals surface area contributed by atoms with Crippen LogP contribution in [-0.4, -0.2) is 60.9 Å². The highest BCUT2D eigenvalue weighted by Gasteiger charge is 2.38. The molecule has 0 unspecified atom stereocenters. The Hall–Kier alpha value is -4.28. The lowest BCUT2D eigenvalue weighted by atomic mass is 9.99. The minimum atomic E-state index is -0.271. The molecule has 1 aromatic heterocycles. The number of amides is 2. The molecule has 42 heavy (non-hydrogen) atoms. The average molecular weight is 585 g/mol. The maximum Gasteiger partial charge on any atom is 0.240 e. The fourth-order valence-electron chi connectivity index (χ4n) is 5.37. The zero-order valence-electron chi connectivity index (χ0n) is 23.8. The molecular weight excluding hydrogens is 552 g/mol. The van der Waals surface area contributed by atoms with Gasteiger partial charge in [-0.15, -0.1) is 11.8 Å². The van der Waals surface area contributed by atoms with E-state index in [1.807, 2.05) is 79.2 Å². The predicted molar refractivity (Wildman–Crippen MR) is 163 cm³/mol. The van der Waals surface area contributed by atoms with E-state index < -0.39 is 0 Å². The van der Waals surface area contributed by atoms with E-state index in [1.165, 1.54) is 11.8 Å². The van der Waals surface area contributed by atoms with Crippen LogP contribution in [0.2, 0.25) is 0 Å². The first-order valence-corrected chi connectivity index (χ1v) is 14.8. The van der Waals surface area contributed by atoms with Gasteiger partial charge in [0.2, 0.25) is 18.6 Å². The molecule has 216 valence electrons. The molecule has 3 heterocycles. The topological polar surface area (TPSA) is 94.9 Å². The quantitative estimate of drug-likeness (QED) is 0.297. The molecule has 0 fully saturated rings. The Morgan fingerprint density at radius 2 is 1.88 bits per heavy atom. The Morgan fingerprint density at radius 3 is 2.67 bits per heavy atom. The van der Waals surface area contributed by atoms with Crippen LogP contribution in [0.1, 0.15) is 27.5 Å². The molecule has 0 radical (unpaired) electrons. The predicted octanol–water partition coefficient (Wildman–Crippen LogP) is 4.82. The van der Waals surface area contributed by atoms with Gasteiger partial charge in [-0.3, -0.25) is 14.5 Å². The molecule has 2 aliphatic heterocycles. The van der Waals surface area contributed by atoms with E-state index in [-0.39, 0.29) is 36.2 Å². The van der Waals surface area contributed by atoms with E-state index in [2.05, 4.69) is 11.4 Å². The Balaban J connectivity index is 1.59. The van der Waals surface area contributed by atoms with Crippen molar-refractivity contribution < 1.29 is 23.8 Å². The van der Waals surface area contributed by atoms with Crippen LogP contribution in [0.5, 0.6) is 11.5 Å². The summed E-state index contributed by atoms with van der Waals surface area (Å²) in [5, 5.41) is 7.78. The summed E-state index contributed by atoms with van der Waals surface area (Å²) in [6, 6.07) is 22.0. The molecule has 0 aliphatic carbocycles. The number of carbonyl (C=O) groups is 2. The molecule has 1 N–H and O–H groups in total. The molecule has 6 rings (SSSR count). The maximum atomic E-state index is 13.9. The Kier molecular flexibility index (Phi) is 7.90. The number of nitrogens with zero attached hydrogens (tertiary/aromatic N) is 3. The smallest absolute Gasteiger partial charge is 0.240 e. The van der Waals surface area contributed by atoms with Crippen molar-refractivity contribution in [3.63, 3.8) is 0 Å². The van der Waals surface area contributed by atoms with Crippen molar-refractivity contribution in [2.45, 2.75) is 19.1 Å². The summed E-state index contributed by atoms with van der Waals surface area (Å²) >= 11 is 1.52. The summed E-state index contributed by atoms with van der Waals surface area (Å²) in [7, 11) is 1.58. The van der Waals surface area contributed by atoms with Gasteiger partial charge in [0.05, 0.1) is 29.0 Å². The molecule has 0 bridgehead atoms. The second-order valence-electron chi connectivity index (χ2n) is 10.3. The van der Waals surface area contributed by atoms with Crippen LogP contribution < -0.4 is 19.7 Å². The summed E-state index contributed by atoms with van der Waals surface area (Å²) in [6.45, 7) is 4.84. The number of hydrogen-bond donors (Lipinski definition) is 1. The molecule has 9 nitrogen and oxygen atoms in total. The van der Waals surface area contributed by atoms with Crippen LogP contribution in [0.3, 0.4) is 0 Å². The number of hydrogen-bond acceptors (Lipinski definition) is 7. The van der Waals surface area contributed by atoms with Crippen LogP contribution in [0.25, 0.3) is 16.9 Å². The summed E-state index contributed by atoms with van der Waals surface area (Å²) in [5.74, 6) is 1.69. The average Bonchev–Trinajstić information content (AvgIpc) is 3.58. The maximum absolute atomic E-state index is 13.9. The first-order chi connectivity index (χ1) is 20.4. The minimum Gasteiger partial charge on any atom is -0.454 e. The van der Waals surface area contributed by atoms with Crippen LogP contribution in [0.4, 0.5) is 5.82 Å². The van der Waals surface area contributed by atoms with Gasteiger partial charge in [-0.05, 0) is 43.2 Å².